The number of ketones is 1. The van der Waals surface area contributed by atoms with Crippen molar-refractivity contribution < 1.29 is 23.9 Å². The van der Waals surface area contributed by atoms with E-state index < -0.39 is 29.3 Å². The minimum absolute atomic E-state index is 0.0697. The summed E-state index contributed by atoms with van der Waals surface area (Å²) in [5.74, 6) is -0.471. The quantitative estimate of drug-likeness (QED) is 0.255. The molecule has 0 spiro atoms. The Balaban J connectivity index is 1.62. The van der Waals surface area contributed by atoms with Gasteiger partial charge in [0.15, 0.2) is 5.78 Å². The fourth-order valence-corrected chi connectivity index (χ4v) is 3.99. The van der Waals surface area contributed by atoms with Crippen LogP contribution in [0.15, 0.2) is 48.8 Å². The van der Waals surface area contributed by atoms with E-state index in [0.29, 0.717) is 41.9 Å². The number of alkyl carbamates (subject to hydrolysis) is 1. The highest BCUT2D eigenvalue weighted by Crippen LogP contribution is 2.26. The first kappa shape index (κ1) is 29.8. The number of rotatable bonds is 10. The van der Waals surface area contributed by atoms with E-state index >= 15 is 0 Å². The summed E-state index contributed by atoms with van der Waals surface area (Å²) in [6, 6.07) is 9.96. The van der Waals surface area contributed by atoms with Gasteiger partial charge in [0.1, 0.15) is 16.8 Å². The largest absolute Gasteiger partial charge is 0.456 e. The predicted octanol–water partition coefficient (Wildman–Crippen LogP) is 5.61. The number of carbonyl (C=O) groups excluding carboxylic acids is 3. The number of fused-ring (bicyclic) bond motifs is 1. The molecule has 0 saturated heterocycles. The maximum absolute atomic E-state index is 12.9. The molecule has 2 heterocycles. The van der Waals surface area contributed by atoms with Gasteiger partial charge in [0.2, 0.25) is 0 Å². The number of benzene rings is 1. The summed E-state index contributed by atoms with van der Waals surface area (Å²) in [6.07, 6.45) is 5.78. The first-order chi connectivity index (χ1) is 18.2. The van der Waals surface area contributed by atoms with Crippen LogP contribution in [0, 0.1) is 0 Å². The monoisotopic (exact) mass is 536 g/mol. The van der Waals surface area contributed by atoms with Crippen molar-refractivity contribution in [2.24, 2.45) is 5.73 Å². The van der Waals surface area contributed by atoms with E-state index in [-0.39, 0.29) is 5.78 Å². The van der Waals surface area contributed by atoms with E-state index in [4.69, 9.17) is 20.2 Å². The van der Waals surface area contributed by atoms with Crippen LogP contribution in [0.5, 0.6) is 0 Å². The van der Waals surface area contributed by atoms with Crippen LogP contribution in [0.3, 0.4) is 0 Å². The standard InChI is InChI=1S/C30H40N4O5/c1-29(2,3)38-27(36)21-13-10-12-20(18-21)23-19-34-17-11-14-22(26(34)33-23)25(31)24(35)15-8-7-9-16-32-28(37)39-30(4,5)6/h10-14,17-19,25H,7-9,15-16,31H2,1-6H3,(H,32,37). The lowest BCUT2D eigenvalue weighted by Gasteiger charge is -2.19. The summed E-state index contributed by atoms with van der Waals surface area (Å²) in [7, 11) is 0. The Kier molecular flexibility index (Phi) is 9.50. The van der Waals surface area contributed by atoms with Crippen molar-refractivity contribution in [3.8, 4) is 11.3 Å². The summed E-state index contributed by atoms with van der Waals surface area (Å²) in [6.45, 7) is 11.4. The van der Waals surface area contributed by atoms with Crippen LogP contribution in [0.4, 0.5) is 4.79 Å². The van der Waals surface area contributed by atoms with Gasteiger partial charge < -0.3 is 24.9 Å². The molecule has 2 aromatic heterocycles. The number of imidazole rings is 1. The van der Waals surface area contributed by atoms with Crippen molar-refractivity contribution in [1.29, 1.82) is 0 Å². The van der Waals surface area contributed by atoms with Gasteiger partial charge in [-0.05, 0) is 72.6 Å². The number of amides is 1. The summed E-state index contributed by atoms with van der Waals surface area (Å²) in [5.41, 5.74) is 8.34. The lowest BCUT2D eigenvalue weighted by atomic mass is 10.0. The molecule has 0 aliphatic heterocycles. The van der Waals surface area contributed by atoms with Gasteiger partial charge in [0.05, 0.1) is 17.3 Å². The number of unbranched alkanes of at least 4 members (excludes halogenated alkanes) is 2. The number of aromatic nitrogens is 2. The lowest BCUT2D eigenvalue weighted by Crippen LogP contribution is -2.33. The molecule has 0 fully saturated rings. The Bertz CT molecular complexity index is 1320. The molecule has 3 N–H and O–H groups in total. The van der Waals surface area contributed by atoms with Crippen molar-refractivity contribution >= 4 is 23.5 Å². The molecule has 0 aliphatic carbocycles. The van der Waals surface area contributed by atoms with Crippen LogP contribution in [0.2, 0.25) is 0 Å². The zero-order valence-corrected chi connectivity index (χ0v) is 23.7. The predicted molar refractivity (Wildman–Crippen MR) is 150 cm³/mol. The minimum Gasteiger partial charge on any atom is -0.456 e. The molecule has 0 aliphatic rings. The Morgan fingerprint density at radius 3 is 2.38 bits per heavy atom. The molecule has 1 amide bonds. The van der Waals surface area contributed by atoms with Crippen molar-refractivity contribution in [1.82, 2.24) is 14.7 Å². The SMILES string of the molecule is CC(C)(C)OC(=O)NCCCCCC(=O)C(N)c1cccn2cc(-c3cccc(C(=O)OC(C)(C)C)c3)nc12. The number of nitrogens with two attached hydrogens (primary N) is 1. The molecule has 1 atom stereocenters. The number of nitrogens with zero attached hydrogens (tertiary/aromatic N) is 2. The molecule has 1 aromatic carbocycles. The lowest BCUT2D eigenvalue weighted by molar-refractivity contribution is -0.120. The molecule has 1 unspecified atom stereocenters. The third-order valence-corrected chi connectivity index (χ3v) is 5.76. The number of Topliss-reactive ketones (excluding diaryl/α,β-unsaturated/α-hetero) is 1. The zero-order chi connectivity index (χ0) is 28.8. The second-order valence-corrected chi connectivity index (χ2v) is 11.6. The van der Waals surface area contributed by atoms with Crippen LogP contribution in [0.25, 0.3) is 16.9 Å². The Morgan fingerprint density at radius 2 is 1.69 bits per heavy atom. The number of ether oxygens (including phenoxy) is 2. The average Bonchev–Trinajstić information content (AvgIpc) is 3.28. The number of esters is 1. The highest BCUT2D eigenvalue weighted by molar-refractivity contribution is 5.91. The van der Waals surface area contributed by atoms with Gasteiger partial charge in [-0.3, -0.25) is 4.79 Å². The van der Waals surface area contributed by atoms with Crippen LogP contribution < -0.4 is 11.1 Å². The number of pyridine rings is 1. The second kappa shape index (κ2) is 12.4. The third kappa shape index (κ3) is 8.92. The second-order valence-electron chi connectivity index (χ2n) is 11.6. The molecule has 3 rings (SSSR count). The number of hydrogen-bond donors (Lipinski definition) is 2. The van der Waals surface area contributed by atoms with Gasteiger partial charge in [-0.1, -0.05) is 24.6 Å². The summed E-state index contributed by atoms with van der Waals surface area (Å²) < 4.78 is 12.5. The molecule has 39 heavy (non-hydrogen) atoms. The van der Waals surface area contributed by atoms with Crippen LogP contribution in [-0.2, 0) is 14.3 Å². The molecule has 0 saturated carbocycles. The van der Waals surface area contributed by atoms with Crippen molar-refractivity contribution in [3.05, 3.63) is 59.9 Å². The topological polar surface area (TPSA) is 125 Å². The van der Waals surface area contributed by atoms with Gasteiger partial charge in [-0.2, -0.15) is 0 Å². The fourth-order valence-electron chi connectivity index (χ4n) is 3.99. The van der Waals surface area contributed by atoms with E-state index in [9.17, 15) is 14.4 Å². The van der Waals surface area contributed by atoms with Crippen LogP contribution >= 0.6 is 0 Å². The van der Waals surface area contributed by atoms with Gasteiger partial charge in [0.25, 0.3) is 0 Å². The van der Waals surface area contributed by atoms with E-state index in [1.54, 1.807) is 18.2 Å². The van der Waals surface area contributed by atoms with E-state index in [0.717, 1.165) is 18.4 Å². The zero-order valence-electron chi connectivity index (χ0n) is 23.7. The average molecular weight is 537 g/mol. The van der Waals surface area contributed by atoms with Crippen molar-refractivity contribution in [3.63, 3.8) is 0 Å². The highest BCUT2D eigenvalue weighted by Gasteiger charge is 2.21. The molecule has 0 bridgehead atoms. The first-order valence-corrected chi connectivity index (χ1v) is 13.3. The van der Waals surface area contributed by atoms with E-state index in [1.807, 2.05) is 76.5 Å². The molecule has 9 heteroatoms. The van der Waals surface area contributed by atoms with Gasteiger partial charge in [-0.15, -0.1) is 0 Å². The summed E-state index contributed by atoms with van der Waals surface area (Å²) in [4.78, 5) is 41.9. The van der Waals surface area contributed by atoms with Crippen molar-refractivity contribution in [2.45, 2.75) is 84.5 Å². The maximum atomic E-state index is 12.9. The smallest absolute Gasteiger partial charge is 0.407 e. The minimum atomic E-state index is -0.808. The van der Waals surface area contributed by atoms with Crippen LogP contribution in [0.1, 0.15) is 89.2 Å². The first-order valence-electron chi connectivity index (χ1n) is 13.3. The molecule has 3 aromatic rings. The Labute approximate surface area is 230 Å². The number of nitrogens with one attached hydrogen (secondary N) is 1. The maximum Gasteiger partial charge on any atom is 0.407 e. The number of carbonyl (C=O) groups is 3. The Morgan fingerprint density at radius 1 is 0.974 bits per heavy atom. The fraction of sp³-hybridized carbons (Fsp3) is 0.467. The Hall–Kier alpha value is -3.72. The number of hydrogen-bond acceptors (Lipinski definition) is 7. The molecular weight excluding hydrogens is 496 g/mol. The van der Waals surface area contributed by atoms with Gasteiger partial charge >= 0.3 is 12.1 Å². The van der Waals surface area contributed by atoms with Crippen LogP contribution in [-0.4, -0.2) is 45.0 Å². The van der Waals surface area contributed by atoms with E-state index in [1.165, 1.54) is 0 Å². The molecule has 210 valence electrons. The van der Waals surface area contributed by atoms with E-state index in [2.05, 4.69) is 5.32 Å². The summed E-state index contributed by atoms with van der Waals surface area (Å²) >= 11 is 0. The van der Waals surface area contributed by atoms with Gasteiger partial charge in [-0.25, -0.2) is 14.6 Å². The third-order valence-electron chi connectivity index (χ3n) is 5.76. The van der Waals surface area contributed by atoms with Gasteiger partial charge in [0, 0.05) is 36.5 Å². The molecule has 9 nitrogen and oxygen atoms in total. The highest BCUT2D eigenvalue weighted by atomic mass is 16.6. The summed E-state index contributed by atoms with van der Waals surface area (Å²) in [5, 5.41) is 2.72. The molecule has 0 radical (unpaired) electrons. The molecular formula is C30H40N4O5. The van der Waals surface area contributed by atoms with Crippen molar-refractivity contribution in [2.75, 3.05) is 6.54 Å². The normalized spacial score (nSPS) is 12.7.